The molecule has 1 amide bonds. The van der Waals surface area contributed by atoms with Gasteiger partial charge in [0.05, 0.1) is 16.3 Å². The smallest absolute Gasteiger partial charge is 0.253 e. The number of carbonyl (C=O) groups is 1. The molecule has 130 valence electrons. The van der Waals surface area contributed by atoms with Crippen LogP contribution < -0.4 is 10.6 Å². The molecule has 2 aromatic carbocycles. The number of nitrogens with zero attached hydrogens (tertiary/aromatic N) is 1. The van der Waals surface area contributed by atoms with E-state index in [-0.39, 0.29) is 5.91 Å². The number of hydrogen-bond donors (Lipinski definition) is 2. The van der Waals surface area contributed by atoms with Gasteiger partial charge in [0.25, 0.3) is 5.91 Å². The van der Waals surface area contributed by atoms with Crippen LogP contribution in [0.3, 0.4) is 0 Å². The summed E-state index contributed by atoms with van der Waals surface area (Å²) in [5.41, 5.74) is 5.83. The number of rotatable bonds is 4. The Bertz CT molecular complexity index is 957. The largest absolute Gasteiger partial charge is 0.348 e. The maximum absolute atomic E-state index is 12.6. The van der Waals surface area contributed by atoms with E-state index in [1.165, 1.54) is 11.1 Å². The van der Waals surface area contributed by atoms with Crippen molar-refractivity contribution in [2.45, 2.75) is 19.6 Å². The number of hydrogen-bond acceptors (Lipinski definition) is 3. The fourth-order valence-electron chi connectivity index (χ4n) is 3.13. The molecule has 1 aromatic heterocycles. The summed E-state index contributed by atoms with van der Waals surface area (Å²) in [6.45, 7) is 2.27. The first kappa shape index (κ1) is 16.8. The van der Waals surface area contributed by atoms with Gasteiger partial charge in [0.2, 0.25) is 0 Å². The minimum absolute atomic E-state index is 0.189. The number of carbonyl (C=O) groups excluding carboxylic acids is 1. The van der Waals surface area contributed by atoms with Crippen molar-refractivity contribution in [2.24, 2.45) is 0 Å². The molecule has 2 N–H and O–H groups in total. The van der Waals surface area contributed by atoms with Crippen molar-refractivity contribution in [3.05, 3.63) is 88.1 Å². The predicted octanol–water partition coefficient (Wildman–Crippen LogP) is 3.94. The van der Waals surface area contributed by atoms with Crippen LogP contribution in [-0.2, 0) is 19.6 Å². The molecule has 0 bridgehead atoms. The highest BCUT2D eigenvalue weighted by Gasteiger charge is 2.14. The molecule has 0 unspecified atom stereocenters. The average molecular weight is 364 g/mol. The molecular weight excluding hydrogens is 346 g/mol. The van der Waals surface area contributed by atoms with E-state index in [0.717, 1.165) is 29.9 Å². The molecule has 0 saturated heterocycles. The molecule has 1 aliphatic heterocycles. The molecule has 0 saturated carbocycles. The van der Waals surface area contributed by atoms with Gasteiger partial charge in [-0.15, -0.1) is 0 Å². The molecule has 5 heteroatoms. The van der Waals surface area contributed by atoms with Crippen molar-refractivity contribution in [3.8, 4) is 11.3 Å². The van der Waals surface area contributed by atoms with Gasteiger partial charge in [0.15, 0.2) is 0 Å². The lowest BCUT2D eigenvalue weighted by molar-refractivity contribution is 0.0951. The van der Waals surface area contributed by atoms with E-state index in [4.69, 9.17) is 11.6 Å². The number of fused-ring (bicyclic) bond motifs is 1. The number of pyridine rings is 1. The maximum atomic E-state index is 12.6. The minimum atomic E-state index is -0.189. The molecule has 0 spiro atoms. The third-order valence-corrected chi connectivity index (χ3v) is 4.86. The lowest BCUT2D eigenvalue weighted by Gasteiger charge is -2.10. The summed E-state index contributed by atoms with van der Waals surface area (Å²) in [5.74, 6) is -0.189. The highest BCUT2D eigenvalue weighted by atomic mass is 35.5. The van der Waals surface area contributed by atoms with Crippen LogP contribution in [0.15, 0.2) is 60.8 Å². The van der Waals surface area contributed by atoms with E-state index in [9.17, 15) is 4.79 Å². The van der Waals surface area contributed by atoms with Crippen molar-refractivity contribution in [3.63, 3.8) is 0 Å². The lowest BCUT2D eigenvalue weighted by Crippen LogP contribution is -2.23. The van der Waals surface area contributed by atoms with Crippen LogP contribution in [0.4, 0.5) is 0 Å². The van der Waals surface area contributed by atoms with Crippen LogP contribution in [0.5, 0.6) is 0 Å². The van der Waals surface area contributed by atoms with Gasteiger partial charge in [-0.05, 0) is 41.0 Å². The van der Waals surface area contributed by atoms with E-state index in [0.29, 0.717) is 17.1 Å². The van der Waals surface area contributed by atoms with Gasteiger partial charge in [-0.3, -0.25) is 9.78 Å². The van der Waals surface area contributed by atoms with Crippen LogP contribution in [0, 0.1) is 0 Å². The first-order valence-corrected chi connectivity index (χ1v) is 8.89. The second-order valence-electron chi connectivity index (χ2n) is 6.30. The fourth-order valence-corrected chi connectivity index (χ4v) is 3.33. The molecule has 0 fully saturated rings. The molecule has 0 atom stereocenters. The highest BCUT2D eigenvalue weighted by Crippen LogP contribution is 2.24. The molecule has 2 heterocycles. The third-order valence-electron chi connectivity index (χ3n) is 4.53. The number of nitrogens with one attached hydrogen (secondary N) is 2. The third kappa shape index (κ3) is 3.47. The average Bonchev–Trinajstić information content (AvgIpc) is 3.15. The van der Waals surface area contributed by atoms with Crippen molar-refractivity contribution in [1.82, 2.24) is 15.6 Å². The zero-order valence-electron chi connectivity index (χ0n) is 14.1. The predicted molar refractivity (Wildman–Crippen MR) is 103 cm³/mol. The lowest BCUT2D eigenvalue weighted by atomic mass is 10.1. The van der Waals surface area contributed by atoms with E-state index < -0.39 is 0 Å². The summed E-state index contributed by atoms with van der Waals surface area (Å²) < 4.78 is 0. The Morgan fingerprint density at radius 1 is 1.08 bits per heavy atom. The minimum Gasteiger partial charge on any atom is -0.348 e. The number of benzene rings is 2. The van der Waals surface area contributed by atoms with Crippen molar-refractivity contribution < 1.29 is 4.79 Å². The molecule has 4 rings (SSSR count). The van der Waals surface area contributed by atoms with Crippen LogP contribution in [0.1, 0.15) is 27.0 Å². The number of aromatic nitrogens is 1. The van der Waals surface area contributed by atoms with Gasteiger partial charge in [-0.1, -0.05) is 41.9 Å². The topological polar surface area (TPSA) is 54.0 Å². The van der Waals surface area contributed by atoms with Crippen LogP contribution in [0.2, 0.25) is 5.02 Å². The van der Waals surface area contributed by atoms with Crippen molar-refractivity contribution in [1.29, 1.82) is 0 Å². The first-order chi connectivity index (χ1) is 12.7. The Labute approximate surface area is 157 Å². The molecule has 0 radical (unpaired) electrons. The van der Waals surface area contributed by atoms with Crippen molar-refractivity contribution in [2.75, 3.05) is 0 Å². The van der Waals surface area contributed by atoms with Gasteiger partial charge >= 0.3 is 0 Å². The van der Waals surface area contributed by atoms with Crippen LogP contribution in [-0.4, -0.2) is 10.9 Å². The summed E-state index contributed by atoms with van der Waals surface area (Å²) in [5, 5.41) is 6.72. The van der Waals surface area contributed by atoms with Gasteiger partial charge in [-0.2, -0.15) is 0 Å². The van der Waals surface area contributed by atoms with Crippen molar-refractivity contribution >= 4 is 17.5 Å². The molecule has 0 aliphatic carbocycles. The summed E-state index contributed by atoms with van der Waals surface area (Å²) in [6.07, 6.45) is 1.73. The summed E-state index contributed by atoms with van der Waals surface area (Å²) in [7, 11) is 0. The van der Waals surface area contributed by atoms with E-state index in [2.05, 4.69) is 33.8 Å². The zero-order valence-corrected chi connectivity index (χ0v) is 14.9. The second kappa shape index (κ2) is 7.28. The Hall–Kier alpha value is -2.69. The molecule has 26 heavy (non-hydrogen) atoms. The number of halogens is 1. The van der Waals surface area contributed by atoms with Gasteiger partial charge in [0.1, 0.15) is 0 Å². The first-order valence-electron chi connectivity index (χ1n) is 8.51. The highest BCUT2D eigenvalue weighted by molar-refractivity contribution is 6.34. The van der Waals surface area contributed by atoms with Gasteiger partial charge in [-0.25, -0.2) is 0 Å². The van der Waals surface area contributed by atoms with Gasteiger partial charge in [0, 0.05) is 31.4 Å². The van der Waals surface area contributed by atoms with E-state index in [1.54, 1.807) is 18.3 Å². The summed E-state index contributed by atoms with van der Waals surface area (Å²) in [6, 6.07) is 17.4. The Morgan fingerprint density at radius 3 is 2.81 bits per heavy atom. The fraction of sp³-hybridized carbons (Fsp3) is 0.143. The van der Waals surface area contributed by atoms with Crippen LogP contribution in [0.25, 0.3) is 11.3 Å². The summed E-state index contributed by atoms with van der Waals surface area (Å²) >= 11 is 6.25. The molecule has 3 aromatic rings. The molecular formula is C21H18ClN3O. The number of amides is 1. The molecule has 1 aliphatic rings. The normalized spacial score (nSPS) is 12.7. The van der Waals surface area contributed by atoms with Gasteiger partial charge < -0.3 is 10.6 Å². The molecule has 4 nitrogen and oxygen atoms in total. The SMILES string of the molecule is O=C(NCc1ccc2c(c1)CNC2)c1cc(-c2ccccn2)ccc1Cl. The Balaban J connectivity index is 1.51. The maximum Gasteiger partial charge on any atom is 0.253 e. The monoisotopic (exact) mass is 363 g/mol. The zero-order chi connectivity index (χ0) is 17.9. The van der Waals surface area contributed by atoms with E-state index in [1.807, 2.05) is 24.3 Å². The Kier molecular flexibility index (Phi) is 4.69. The second-order valence-corrected chi connectivity index (χ2v) is 6.71. The van der Waals surface area contributed by atoms with E-state index >= 15 is 0 Å². The standard InChI is InChI=1S/C21H18ClN3O/c22-19-7-6-15(20-3-1-2-8-24-20)10-18(19)21(26)25-11-14-4-5-16-12-23-13-17(16)9-14/h1-10,23H,11-13H2,(H,25,26). The Morgan fingerprint density at radius 2 is 1.96 bits per heavy atom. The quantitative estimate of drug-likeness (QED) is 0.738. The van der Waals surface area contributed by atoms with Crippen LogP contribution >= 0.6 is 11.6 Å². The summed E-state index contributed by atoms with van der Waals surface area (Å²) in [4.78, 5) is 17.0.